The second kappa shape index (κ2) is 5.34. The Morgan fingerprint density at radius 2 is 2.05 bits per heavy atom. The first-order chi connectivity index (χ1) is 9.29. The molecular formula is C14H18F3N3. The summed E-state index contributed by atoms with van der Waals surface area (Å²) in [5.41, 5.74) is 5.38. The molecule has 1 fully saturated rings. The van der Waals surface area contributed by atoms with Gasteiger partial charge in [-0.2, -0.15) is 13.2 Å². The van der Waals surface area contributed by atoms with Crippen LogP contribution in [0.2, 0.25) is 0 Å². The average molecular weight is 285 g/mol. The Morgan fingerprint density at radius 3 is 2.50 bits per heavy atom. The van der Waals surface area contributed by atoms with Crippen LogP contribution in [0.25, 0.3) is 0 Å². The van der Waals surface area contributed by atoms with Gasteiger partial charge in [0.2, 0.25) is 0 Å². The molecule has 0 saturated heterocycles. The van der Waals surface area contributed by atoms with E-state index in [1.54, 1.807) is 0 Å². The molecule has 1 aromatic carbocycles. The van der Waals surface area contributed by atoms with E-state index in [0.717, 1.165) is 31.5 Å². The summed E-state index contributed by atoms with van der Waals surface area (Å²) >= 11 is 0. The third-order valence-corrected chi connectivity index (χ3v) is 3.78. The Balaban J connectivity index is 2.29. The number of nitrogens with zero attached hydrogens (tertiary/aromatic N) is 1. The normalized spacial score (nSPS) is 15.8. The first kappa shape index (κ1) is 14.7. The highest BCUT2D eigenvalue weighted by atomic mass is 19.4. The van der Waals surface area contributed by atoms with E-state index in [1.807, 2.05) is 11.9 Å². The van der Waals surface area contributed by atoms with Crippen LogP contribution in [0.15, 0.2) is 18.2 Å². The van der Waals surface area contributed by atoms with Gasteiger partial charge in [-0.25, -0.2) is 0 Å². The summed E-state index contributed by atoms with van der Waals surface area (Å²) < 4.78 is 38.1. The van der Waals surface area contributed by atoms with Crippen molar-refractivity contribution < 1.29 is 13.2 Å². The fraction of sp³-hybridized carbons (Fsp3) is 0.500. The largest absolute Gasteiger partial charge is 0.416 e. The molecule has 0 amide bonds. The number of halogens is 3. The van der Waals surface area contributed by atoms with Crippen LogP contribution in [-0.4, -0.2) is 19.4 Å². The summed E-state index contributed by atoms with van der Waals surface area (Å²) in [7, 11) is 1.83. The molecule has 0 heterocycles. The van der Waals surface area contributed by atoms with Crippen molar-refractivity contribution in [2.24, 2.45) is 11.7 Å². The second-order valence-corrected chi connectivity index (χ2v) is 5.32. The number of hydrogen-bond acceptors (Lipinski definition) is 2. The van der Waals surface area contributed by atoms with Crippen molar-refractivity contribution >= 4 is 11.5 Å². The zero-order valence-corrected chi connectivity index (χ0v) is 11.3. The van der Waals surface area contributed by atoms with Crippen molar-refractivity contribution in [1.82, 2.24) is 0 Å². The number of nitrogens with one attached hydrogen (secondary N) is 1. The highest BCUT2D eigenvalue weighted by Gasteiger charge is 2.31. The maximum atomic E-state index is 12.7. The van der Waals surface area contributed by atoms with Crippen LogP contribution in [0.1, 0.15) is 30.4 Å². The number of amidine groups is 1. The van der Waals surface area contributed by atoms with Gasteiger partial charge in [-0.1, -0.05) is 6.42 Å². The maximum Gasteiger partial charge on any atom is 0.416 e. The minimum Gasteiger partial charge on any atom is -0.384 e. The first-order valence-electron chi connectivity index (χ1n) is 6.56. The number of anilines is 1. The van der Waals surface area contributed by atoms with Gasteiger partial charge in [-0.15, -0.1) is 0 Å². The van der Waals surface area contributed by atoms with Gasteiger partial charge in [0.05, 0.1) is 5.56 Å². The van der Waals surface area contributed by atoms with Gasteiger partial charge in [0.15, 0.2) is 0 Å². The summed E-state index contributed by atoms with van der Waals surface area (Å²) in [5.74, 6) is 0.244. The summed E-state index contributed by atoms with van der Waals surface area (Å²) in [6.45, 7) is 0.783. The molecule has 0 unspecified atom stereocenters. The first-order valence-corrected chi connectivity index (χ1v) is 6.56. The lowest BCUT2D eigenvalue weighted by Gasteiger charge is -2.32. The molecule has 0 aromatic heterocycles. The van der Waals surface area contributed by atoms with Crippen LogP contribution in [0.5, 0.6) is 0 Å². The predicted molar refractivity (Wildman–Crippen MR) is 73.1 cm³/mol. The lowest BCUT2D eigenvalue weighted by Crippen LogP contribution is -2.31. The molecule has 0 spiro atoms. The van der Waals surface area contributed by atoms with Crippen LogP contribution >= 0.6 is 0 Å². The Bertz CT molecular complexity index is 507. The number of hydrogen-bond donors (Lipinski definition) is 2. The zero-order chi connectivity index (χ0) is 14.9. The number of rotatable bonds is 4. The summed E-state index contributed by atoms with van der Waals surface area (Å²) in [5, 5.41) is 7.50. The van der Waals surface area contributed by atoms with Crippen LogP contribution in [0.3, 0.4) is 0 Å². The predicted octanol–water partition coefficient (Wildman–Crippen LogP) is 3.23. The molecule has 0 bridgehead atoms. The van der Waals surface area contributed by atoms with E-state index in [1.165, 1.54) is 12.5 Å². The molecule has 1 aliphatic carbocycles. The van der Waals surface area contributed by atoms with Gasteiger partial charge in [0, 0.05) is 24.8 Å². The summed E-state index contributed by atoms with van der Waals surface area (Å²) in [4.78, 5) is 1.89. The highest BCUT2D eigenvalue weighted by molar-refractivity contribution is 6.00. The van der Waals surface area contributed by atoms with Gasteiger partial charge >= 0.3 is 6.18 Å². The fourth-order valence-electron chi connectivity index (χ4n) is 2.42. The van der Waals surface area contributed by atoms with Gasteiger partial charge in [0.1, 0.15) is 5.84 Å². The Hall–Kier alpha value is -1.72. The van der Waals surface area contributed by atoms with E-state index < -0.39 is 11.7 Å². The molecule has 0 aliphatic heterocycles. The smallest absolute Gasteiger partial charge is 0.384 e. The molecule has 3 nitrogen and oxygen atoms in total. The molecule has 110 valence electrons. The van der Waals surface area contributed by atoms with E-state index in [0.29, 0.717) is 11.6 Å². The Morgan fingerprint density at radius 1 is 1.40 bits per heavy atom. The molecule has 0 radical (unpaired) electrons. The fourth-order valence-corrected chi connectivity index (χ4v) is 2.42. The molecule has 0 atom stereocenters. The van der Waals surface area contributed by atoms with Crippen LogP contribution in [-0.2, 0) is 6.18 Å². The topological polar surface area (TPSA) is 53.1 Å². The van der Waals surface area contributed by atoms with Crippen molar-refractivity contribution in [1.29, 1.82) is 5.41 Å². The van der Waals surface area contributed by atoms with Crippen LogP contribution in [0, 0.1) is 11.3 Å². The lowest BCUT2D eigenvalue weighted by molar-refractivity contribution is -0.137. The minimum atomic E-state index is -4.42. The third-order valence-electron chi connectivity index (χ3n) is 3.78. The van der Waals surface area contributed by atoms with Crippen molar-refractivity contribution in [3.63, 3.8) is 0 Å². The van der Waals surface area contributed by atoms with Gasteiger partial charge in [0.25, 0.3) is 0 Å². The second-order valence-electron chi connectivity index (χ2n) is 5.32. The standard InChI is InChI=1S/C14H18F3N3/c1-20(8-9-3-2-4-9)12-6-5-10(14(15,16)17)7-11(12)13(18)19/h5-7,9H,2-4,8H2,1H3,(H3,18,19). The SMILES string of the molecule is CN(CC1CCC1)c1ccc(C(F)(F)F)cc1C(=N)N. The zero-order valence-electron chi connectivity index (χ0n) is 11.3. The monoisotopic (exact) mass is 285 g/mol. The maximum absolute atomic E-state index is 12.7. The summed E-state index contributed by atoms with van der Waals surface area (Å²) in [6, 6.07) is 3.40. The van der Waals surface area contributed by atoms with E-state index in [9.17, 15) is 13.2 Å². The van der Waals surface area contributed by atoms with Crippen molar-refractivity contribution in [3.8, 4) is 0 Å². The average Bonchev–Trinajstić information content (AvgIpc) is 2.31. The number of nitrogen functional groups attached to an aromatic ring is 1. The molecule has 3 N–H and O–H groups in total. The highest BCUT2D eigenvalue weighted by Crippen LogP contribution is 2.34. The number of nitrogens with two attached hydrogens (primary N) is 1. The van der Waals surface area contributed by atoms with Gasteiger partial charge in [-0.05, 0) is 37.0 Å². The van der Waals surface area contributed by atoms with E-state index in [-0.39, 0.29) is 11.4 Å². The minimum absolute atomic E-state index is 0.140. The van der Waals surface area contributed by atoms with Crippen LogP contribution in [0.4, 0.5) is 18.9 Å². The molecular weight excluding hydrogens is 267 g/mol. The quantitative estimate of drug-likeness (QED) is 0.659. The Kier molecular flexibility index (Phi) is 3.92. The van der Waals surface area contributed by atoms with Crippen molar-refractivity contribution in [2.75, 3.05) is 18.5 Å². The molecule has 1 aliphatic rings. The van der Waals surface area contributed by atoms with Gasteiger partial charge in [-0.3, -0.25) is 5.41 Å². The molecule has 2 rings (SSSR count). The summed E-state index contributed by atoms with van der Waals surface area (Å²) in [6.07, 6.45) is -0.902. The third kappa shape index (κ3) is 3.05. The molecule has 1 aromatic rings. The van der Waals surface area contributed by atoms with Gasteiger partial charge < -0.3 is 10.6 Å². The number of alkyl halides is 3. The number of benzene rings is 1. The van der Waals surface area contributed by atoms with E-state index in [2.05, 4.69) is 0 Å². The molecule has 6 heteroatoms. The van der Waals surface area contributed by atoms with E-state index >= 15 is 0 Å². The van der Waals surface area contributed by atoms with Crippen LogP contribution < -0.4 is 10.6 Å². The molecule has 20 heavy (non-hydrogen) atoms. The van der Waals surface area contributed by atoms with Crippen molar-refractivity contribution in [3.05, 3.63) is 29.3 Å². The van der Waals surface area contributed by atoms with E-state index in [4.69, 9.17) is 11.1 Å². The molecule has 1 saturated carbocycles. The Labute approximate surface area is 116 Å². The van der Waals surface area contributed by atoms with Crippen molar-refractivity contribution in [2.45, 2.75) is 25.4 Å². The lowest BCUT2D eigenvalue weighted by atomic mass is 9.85.